The zero-order valence-electron chi connectivity index (χ0n) is 18.9. The third-order valence-electron chi connectivity index (χ3n) is 5.79. The Labute approximate surface area is 185 Å². The molecule has 1 fully saturated rings. The van der Waals surface area contributed by atoms with Crippen LogP contribution in [-0.4, -0.2) is 43.4 Å². The van der Waals surface area contributed by atoms with Crippen molar-refractivity contribution in [3.63, 3.8) is 0 Å². The SMILES string of the molecule is Cc1cccc(C)c1NC(=O)CN(C)C(=O)/C=C/c1ccc(N2CCCCCC2)cc1. The molecule has 0 bridgehead atoms. The van der Waals surface area contributed by atoms with Crippen LogP contribution in [0.3, 0.4) is 0 Å². The van der Waals surface area contributed by atoms with E-state index in [-0.39, 0.29) is 18.4 Å². The summed E-state index contributed by atoms with van der Waals surface area (Å²) in [4.78, 5) is 28.7. The molecule has 2 aromatic rings. The highest BCUT2D eigenvalue weighted by molar-refractivity contribution is 5.98. The maximum absolute atomic E-state index is 12.4. The summed E-state index contributed by atoms with van der Waals surface area (Å²) >= 11 is 0. The molecule has 2 amide bonds. The van der Waals surface area contributed by atoms with E-state index in [1.165, 1.54) is 42.3 Å². The van der Waals surface area contributed by atoms with Crippen molar-refractivity contribution in [3.05, 3.63) is 65.2 Å². The van der Waals surface area contributed by atoms with Crippen molar-refractivity contribution in [2.24, 2.45) is 0 Å². The van der Waals surface area contributed by atoms with Crippen molar-refractivity contribution in [2.45, 2.75) is 39.5 Å². The molecule has 1 aliphatic rings. The van der Waals surface area contributed by atoms with E-state index in [1.54, 1.807) is 13.1 Å². The van der Waals surface area contributed by atoms with Crippen LogP contribution in [0.25, 0.3) is 6.08 Å². The molecule has 1 aliphatic heterocycles. The van der Waals surface area contributed by atoms with Crippen LogP contribution in [0.5, 0.6) is 0 Å². The molecule has 3 rings (SSSR count). The van der Waals surface area contributed by atoms with Gasteiger partial charge in [-0.15, -0.1) is 0 Å². The molecule has 1 heterocycles. The van der Waals surface area contributed by atoms with E-state index in [9.17, 15) is 9.59 Å². The van der Waals surface area contributed by atoms with Gasteiger partial charge < -0.3 is 15.1 Å². The lowest BCUT2D eigenvalue weighted by atomic mass is 10.1. The average molecular weight is 420 g/mol. The zero-order valence-corrected chi connectivity index (χ0v) is 18.9. The number of para-hydroxylation sites is 1. The van der Waals surface area contributed by atoms with Gasteiger partial charge in [0.05, 0.1) is 6.54 Å². The molecule has 2 aromatic carbocycles. The molecule has 0 spiro atoms. The third-order valence-corrected chi connectivity index (χ3v) is 5.79. The smallest absolute Gasteiger partial charge is 0.246 e. The minimum absolute atomic E-state index is 0.00481. The number of nitrogens with one attached hydrogen (secondary N) is 1. The summed E-state index contributed by atoms with van der Waals surface area (Å²) in [6.45, 7) is 6.15. The average Bonchev–Trinajstić information content (AvgIpc) is 3.04. The van der Waals surface area contributed by atoms with E-state index in [0.29, 0.717) is 0 Å². The number of carbonyl (C=O) groups is 2. The molecule has 0 unspecified atom stereocenters. The Bertz CT molecular complexity index is 906. The van der Waals surface area contributed by atoms with Gasteiger partial charge in [-0.2, -0.15) is 0 Å². The second kappa shape index (κ2) is 10.8. The Morgan fingerprint density at radius 2 is 1.58 bits per heavy atom. The van der Waals surface area contributed by atoms with Crippen molar-refractivity contribution in [1.82, 2.24) is 4.90 Å². The molecule has 0 atom stereocenters. The molecule has 5 heteroatoms. The van der Waals surface area contributed by atoms with Gasteiger partial charge in [0, 0.05) is 37.6 Å². The lowest BCUT2D eigenvalue weighted by molar-refractivity contribution is -0.129. The molecule has 0 aromatic heterocycles. The molecule has 1 saturated heterocycles. The minimum atomic E-state index is -0.205. The van der Waals surface area contributed by atoms with E-state index < -0.39 is 0 Å². The van der Waals surface area contributed by atoms with E-state index in [4.69, 9.17) is 0 Å². The van der Waals surface area contributed by atoms with E-state index in [1.807, 2.05) is 44.2 Å². The first-order valence-electron chi connectivity index (χ1n) is 11.1. The zero-order chi connectivity index (χ0) is 22.2. The van der Waals surface area contributed by atoms with Crippen molar-refractivity contribution >= 4 is 29.3 Å². The van der Waals surface area contributed by atoms with E-state index in [0.717, 1.165) is 35.5 Å². The summed E-state index contributed by atoms with van der Waals surface area (Å²) in [6, 6.07) is 14.2. The van der Waals surface area contributed by atoms with Crippen LogP contribution in [0.2, 0.25) is 0 Å². The number of nitrogens with zero attached hydrogens (tertiary/aromatic N) is 2. The number of benzene rings is 2. The lowest BCUT2D eigenvalue weighted by Gasteiger charge is -2.22. The number of amides is 2. The standard InChI is InChI=1S/C26H33N3O2/c1-20-9-8-10-21(2)26(20)27-24(30)19-28(3)25(31)16-13-22-11-14-23(15-12-22)29-17-6-4-5-7-18-29/h8-16H,4-7,17-19H2,1-3H3,(H,27,30)/b16-13+. The fraction of sp³-hybridized carbons (Fsp3) is 0.385. The van der Waals surface area contributed by atoms with Crippen molar-refractivity contribution in [1.29, 1.82) is 0 Å². The highest BCUT2D eigenvalue weighted by Crippen LogP contribution is 2.21. The Hall–Kier alpha value is -3.08. The molecule has 0 aliphatic carbocycles. The van der Waals surface area contributed by atoms with Gasteiger partial charge in [0.25, 0.3) is 0 Å². The second-order valence-corrected chi connectivity index (χ2v) is 8.34. The summed E-state index contributed by atoms with van der Waals surface area (Å²) in [5, 5.41) is 2.92. The monoisotopic (exact) mass is 419 g/mol. The largest absolute Gasteiger partial charge is 0.372 e. The van der Waals surface area contributed by atoms with Gasteiger partial charge in [0.15, 0.2) is 0 Å². The van der Waals surface area contributed by atoms with Gasteiger partial charge in [-0.1, -0.05) is 43.2 Å². The number of likely N-dealkylation sites (N-methyl/N-ethyl adjacent to an activating group) is 1. The van der Waals surface area contributed by atoms with Gasteiger partial charge in [0.2, 0.25) is 11.8 Å². The number of hydrogen-bond acceptors (Lipinski definition) is 3. The predicted octanol–water partition coefficient (Wildman–Crippen LogP) is 4.79. The van der Waals surface area contributed by atoms with Crippen LogP contribution in [0, 0.1) is 13.8 Å². The summed E-state index contributed by atoms with van der Waals surface area (Å²) in [5.41, 5.74) is 5.04. The van der Waals surface area contributed by atoms with Crippen LogP contribution >= 0.6 is 0 Å². The highest BCUT2D eigenvalue weighted by Gasteiger charge is 2.13. The Kier molecular flexibility index (Phi) is 7.88. The van der Waals surface area contributed by atoms with E-state index in [2.05, 4.69) is 22.3 Å². The number of rotatable bonds is 6. The number of hydrogen-bond donors (Lipinski definition) is 1. The van der Waals surface area contributed by atoms with Crippen LogP contribution in [0.15, 0.2) is 48.5 Å². The van der Waals surface area contributed by atoms with Crippen molar-refractivity contribution in [2.75, 3.05) is 36.9 Å². The van der Waals surface area contributed by atoms with Crippen LogP contribution in [0.1, 0.15) is 42.4 Å². The Morgan fingerprint density at radius 1 is 0.968 bits per heavy atom. The summed E-state index contributed by atoms with van der Waals surface area (Å²) in [7, 11) is 1.64. The molecule has 0 saturated carbocycles. The van der Waals surface area contributed by atoms with Gasteiger partial charge >= 0.3 is 0 Å². The highest BCUT2D eigenvalue weighted by atomic mass is 16.2. The molecule has 1 N–H and O–H groups in total. The van der Waals surface area contributed by atoms with Crippen molar-refractivity contribution < 1.29 is 9.59 Å². The predicted molar refractivity (Wildman–Crippen MR) is 128 cm³/mol. The second-order valence-electron chi connectivity index (χ2n) is 8.34. The van der Waals surface area contributed by atoms with Crippen LogP contribution in [0.4, 0.5) is 11.4 Å². The fourth-order valence-electron chi connectivity index (χ4n) is 3.90. The molecular formula is C26H33N3O2. The molecule has 0 radical (unpaired) electrons. The van der Waals surface area contributed by atoms with Gasteiger partial charge in [-0.25, -0.2) is 0 Å². The van der Waals surface area contributed by atoms with Gasteiger partial charge in [-0.05, 0) is 61.6 Å². The van der Waals surface area contributed by atoms with Gasteiger partial charge in [-0.3, -0.25) is 9.59 Å². The fourth-order valence-corrected chi connectivity index (χ4v) is 3.90. The summed E-state index contributed by atoms with van der Waals surface area (Å²) in [5.74, 6) is -0.406. The molecule has 31 heavy (non-hydrogen) atoms. The molecule has 164 valence electrons. The Balaban J connectivity index is 1.53. The topological polar surface area (TPSA) is 52.7 Å². The van der Waals surface area contributed by atoms with Crippen LogP contribution in [-0.2, 0) is 9.59 Å². The normalized spacial score (nSPS) is 14.4. The van der Waals surface area contributed by atoms with E-state index >= 15 is 0 Å². The minimum Gasteiger partial charge on any atom is -0.372 e. The van der Waals surface area contributed by atoms with Gasteiger partial charge in [0.1, 0.15) is 0 Å². The lowest BCUT2D eigenvalue weighted by Crippen LogP contribution is -2.34. The first-order valence-corrected chi connectivity index (χ1v) is 11.1. The Morgan fingerprint density at radius 3 is 2.19 bits per heavy atom. The number of carbonyl (C=O) groups excluding carboxylic acids is 2. The summed E-state index contributed by atoms with van der Waals surface area (Å²) in [6.07, 6.45) is 8.45. The van der Waals surface area contributed by atoms with Crippen LogP contribution < -0.4 is 10.2 Å². The maximum Gasteiger partial charge on any atom is 0.246 e. The number of anilines is 2. The first-order chi connectivity index (χ1) is 14.9. The molecular weight excluding hydrogens is 386 g/mol. The quantitative estimate of drug-likeness (QED) is 0.685. The summed E-state index contributed by atoms with van der Waals surface area (Å²) < 4.78 is 0. The first kappa shape index (κ1) is 22.6. The number of aryl methyl sites for hydroxylation is 2. The molecule has 5 nitrogen and oxygen atoms in total. The van der Waals surface area contributed by atoms with Crippen molar-refractivity contribution in [3.8, 4) is 0 Å². The third kappa shape index (κ3) is 6.45. The maximum atomic E-state index is 12.4.